The van der Waals surface area contributed by atoms with Crippen molar-refractivity contribution in [3.63, 3.8) is 0 Å². The second-order valence-corrected chi connectivity index (χ2v) is 6.61. The Morgan fingerprint density at radius 1 is 1.29 bits per heavy atom. The zero-order chi connectivity index (χ0) is 19.5. The van der Waals surface area contributed by atoms with Gasteiger partial charge in [-0.05, 0) is 63.2 Å². The van der Waals surface area contributed by atoms with Crippen molar-refractivity contribution in [3.05, 3.63) is 42.4 Å². The second-order valence-electron chi connectivity index (χ2n) is 6.61. The number of aromatic nitrogens is 3. The Morgan fingerprint density at radius 3 is 2.71 bits per heavy atom. The van der Waals surface area contributed by atoms with Gasteiger partial charge in [-0.1, -0.05) is 13.8 Å². The number of nitrogens with one attached hydrogen (secondary N) is 2. The summed E-state index contributed by atoms with van der Waals surface area (Å²) < 4.78 is 1.76. The van der Waals surface area contributed by atoms with Gasteiger partial charge in [0.15, 0.2) is 11.8 Å². The summed E-state index contributed by atoms with van der Waals surface area (Å²) in [7, 11) is 1.81. The summed E-state index contributed by atoms with van der Waals surface area (Å²) in [5.41, 5.74) is 1.13. The molecular weight excluding hydrogens is 465 g/mol. The van der Waals surface area contributed by atoms with Gasteiger partial charge < -0.3 is 15.5 Å². The van der Waals surface area contributed by atoms with E-state index in [0.717, 1.165) is 43.4 Å². The van der Waals surface area contributed by atoms with Crippen molar-refractivity contribution in [2.45, 2.75) is 46.2 Å². The van der Waals surface area contributed by atoms with E-state index in [0.29, 0.717) is 12.6 Å². The van der Waals surface area contributed by atoms with E-state index in [2.05, 4.69) is 51.4 Å². The van der Waals surface area contributed by atoms with Crippen molar-refractivity contribution < 1.29 is 0 Å². The zero-order valence-corrected chi connectivity index (χ0v) is 19.8. The summed E-state index contributed by atoms with van der Waals surface area (Å²) in [6.07, 6.45) is 7.75. The lowest BCUT2D eigenvalue weighted by Crippen LogP contribution is -2.42. The standard InChI is InChI=1S/C20H33N7.HI/c1-5-26(6-2)13-7-9-17(3)25-20(21-4)23-16-18-10-12-22-19(15-18)27-14-8-11-24-27;/h8,10-12,14-15,17H,5-7,9,13,16H2,1-4H3,(H2,21,23,25);1H. The Bertz CT molecular complexity index is 684. The summed E-state index contributed by atoms with van der Waals surface area (Å²) in [6.45, 7) is 10.7. The van der Waals surface area contributed by atoms with Gasteiger partial charge in [-0.2, -0.15) is 5.10 Å². The van der Waals surface area contributed by atoms with Crippen LogP contribution in [0, 0.1) is 0 Å². The summed E-state index contributed by atoms with van der Waals surface area (Å²) in [6, 6.07) is 6.30. The van der Waals surface area contributed by atoms with Crippen LogP contribution in [0.15, 0.2) is 41.8 Å². The van der Waals surface area contributed by atoms with Gasteiger partial charge >= 0.3 is 0 Å². The average molecular weight is 499 g/mol. The highest BCUT2D eigenvalue weighted by molar-refractivity contribution is 14.0. The van der Waals surface area contributed by atoms with E-state index < -0.39 is 0 Å². The van der Waals surface area contributed by atoms with E-state index >= 15 is 0 Å². The molecule has 2 N–H and O–H groups in total. The predicted molar refractivity (Wildman–Crippen MR) is 127 cm³/mol. The fourth-order valence-electron chi connectivity index (χ4n) is 2.95. The number of hydrogen-bond donors (Lipinski definition) is 2. The van der Waals surface area contributed by atoms with Crippen LogP contribution in [-0.4, -0.2) is 58.3 Å². The van der Waals surface area contributed by atoms with Crippen LogP contribution >= 0.6 is 24.0 Å². The number of halogens is 1. The molecule has 28 heavy (non-hydrogen) atoms. The molecule has 0 aliphatic rings. The SMILES string of the molecule is CCN(CC)CCCC(C)NC(=NC)NCc1ccnc(-n2cccn2)c1.I. The third-order valence-corrected chi connectivity index (χ3v) is 4.62. The van der Waals surface area contributed by atoms with Gasteiger partial charge in [0, 0.05) is 38.2 Å². The molecule has 8 heteroatoms. The molecule has 0 fully saturated rings. The first-order chi connectivity index (χ1) is 13.2. The fourth-order valence-corrected chi connectivity index (χ4v) is 2.95. The first-order valence-corrected chi connectivity index (χ1v) is 9.80. The molecule has 0 saturated carbocycles. The molecular formula is C20H34IN7. The van der Waals surface area contributed by atoms with Gasteiger partial charge in [0.25, 0.3) is 0 Å². The molecule has 0 spiro atoms. The quantitative estimate of drug-likeness (QED) is 0.299. The maximum atomic E-state index is 4.36. The van der Waals surface area contributed by atoms with Crippen molar-refractivity contribution in [2.75, 3.05) is 26.7 Å². The molecule has 0 aromatic carbocycles. The minimum absolute atomic E-state index is 0. The minimum Gasteiger partial charge on any atom is -0.354 e. The molecule has 0 aliphatic heterocycles. The summed E-state index contributed by atoms with van der Waals surface area (Å²) >= 11 is 0. The molecule has 2 rings (SSSR count). The maximum absolute atomic E-state index is 4.36. The van der Waals surface area contributed by atoms with Crippen LogP contribution in [0.1, 0.15) is 39.2 Å². The van der Waals surface area contributed by atoms with Crippen molar-refractivity contribution >= 4 is 29.9 Å². The van der Waals surface area contributed by atoms with Gasteiger partial charge in [0.05, 0.1) is 0 Å². The number of pyridine rings is 1. The molecule has 156 valence electrons. The van der Waals surface area contributed by atoms with Gasteiger partial charge in [-0.3, -0.25) is 4.99 Å². The monoisotopic (exact) mass is 499 g/mol. The van der Waals surface area contributed by atoms with E-state index in [1.165, 1.54) is 6.42 Å². The largest absolute Gasteiger partial charge is 0.354 e. The molecule has 2 aromatic heterocycles. The molecule has 0 radical (unpaired) electrons. The number of nitrogens with zero attached hydrogens (tertiary/aromatic N) is 5. The van der Waals surface area contributed by atoms with Gasteiger partial charge in [-0.15, -0.1) is 24.0 Å². The molecule has 2 aromatic rings. The lowest BCUT2D eigenvalue weighted by molar-refractivity contribution is 0.292. The van der Waals surface area contributed by atoms with Crippen LogP contribution in [0.4, 0.5) is 0 Å². The molecule has 1 unspecified atom stereocenters. The molecule has 2 heterocycles. The normalized spacial score (nSPS) is 12.5. The molecule has 0 bridgehead atoms. The zero-order valence-electron chi connectivity index (χ0n) is 17.4. The lowest BCUT2D eigenvalue weighted by atomic mass is 10.2. The van der Waals surface area contributed by atoms with Gasteiger partial charge in [0.2, 0.25) is 0 Å². The van der Waals surface area contributed by atoms with Crippen LogP contribution in [0.3, 0.4) is 0 Å². The Kier molecular flexibility index (Phi) is 11.7. The van der Waals surface area contributed by atoms with Crippen molar-refractivity contribution in [1.82, 2.24) is 30.3 Å². The number of guanidine groups is 1. The second kappa shape index (κ2) is 13.5. The molecule has 1 atom stereocenters. The Morgan fingerprint density at radius 2 is 2.07 bits per heavy atom. The predicted octanol–water partition coefficient (Wildman–Crippen LogP) is 3.06. The fraction of sp³-hybridized carbons (Fsp3) is 0.550. The van der Waals surface area contributed by atoms with Crippen LogP contribution in [-0.2, 0) is 6.54 Å². The summed E-state index contributed by atoms with van der Waals surface area (Å²) in [5.74, 6) is 1.63. The smallest absolute Gasteiger partial charge is 0.191 e. The van der Waals surface area contributed by atoms with Crippen molar-refractivity contribution in [3.8, 4) is 5.82 Å². The lowest BCUT2D eigenvalue weighted by Gasteiger charge is -2.21. The van der Waals surface area contributed by atoms with E-state index in [1.807, 2.05) is 24.4 Å². The van der Waals surface area contributed by atoms with E-state index in [9.17, 15) is 0 Å². The highest BCUT2D eigenvalue weighted by Gasteiger charge is 2.07. The number of aliphatic imine (C=N–C) groups is 1. The third-order valence-electron chi connectivity index (χ3n) is 4.62. The van der Waals surface area contributed by atoms with Crippen LogP contribution in [0.25, 0.3) is 5.82 Å². The highest BCUT2D eigenvalue weighted by Crippen LogP contribution is 2.06. The van der Waals surface area contributed by atoms with Gasteiger partial charge in [-0.25, -0.2) is 9.67 Å². The minimum atomic E-state index is 0. The summed E-state index contributed by atoms with van der Waals surface area (Å²) in [4.78, 5) is 11.2. The summed E-state index contributed by atoms with van der Waals surface area (Å²) in [5, 5.41) is 11.1. The van der Waals surface area contributed by atoms with Gasteiger partial charge in [0.1, 0.15) is 0 Å². The molecule has 7 nitrogen and oxygen atoms in total. The van der Waals surface area contributed by atoms with Crippen LogP contribution in [0.2, 0.25) is 0 Å². The molecule has 0 aliphatic carbocycles. The van der Waals surface area contributed by atoms with E-state index in [4.69, 9.17) is 0 Å². The number of rotatable bonds is 10. The topological polar surface area (TPSA) is 70.4 Å². The van der Waals surface area contributed by atoms with E-state index in [-0.39, 0.29) is 24.0 Å². The third kappa shape index (κ3) is 8.14. The number of hydrogen-bond acceptors (Lipinski definition) is 4. The first-order valence-electron chi connectivity index (χ1n) is 9.80. The first kappa shape index (κ1) is 24.4. The van der Waals surface area contributed by atoms with E-state index in [1.54, 1.807) is 24.1 Å². The average Bonchev–Trinajstić information content (AvgIpc) is 3.23. The Labute approximate surface area is 186 Å². The molecule has 0 amide bonds. The highest BCUT2D eigenvalue weighted by atomic mass is 127. The van der Waals surface area contributed by atoms with Crippen LogP contribution in [0.5, 0.6) is 0 Å². The van der Waals surface area contributed by atoms with Crippen molar-refractivity contribution in [2.24, 2.45) is 4.99 Å². The van der Waals surface area contributed by atoms with Crippen molar-refractivity contribution in [1.29, 1.82) is 0 Å². The Balaban J connectivity index is 0.00000392. The van der Waals surface area contributed by atoms with Crippen LogP contribution < -0.4 is 10.6 Å². The maximum Gasteiger partial charge on any atom is 0.191 e. The Hall–Kier alpha value is -1.68. The molecule has 0 saturated heterocycles.